The first-order valence-corrected chi connectivity index (χ1v) is 15.5. The van der Waals surface area contributed by atoms with E-state index < -0.39 is 0 Å². The molecular formula is C31H62O5. The molecule has 0 atom stereocenters. The second-order valence-electron chi connectivity index (χ2n) is 10.4. The summed E-state index contributed by atoms with van der Waals surface area (Å²) in [6.45, 7) is 7.46. The number of hydrogen-bond acceptors (Lipinski definition) is 5. The van der Waals surface area contributed by atoms with Crippen LogP contribution in [-0.4, -0.2) is 52.7 Å². The van der Waals surface area contributed by atoms with E-state index in [9.17, 15) is 4.79 Å². The predicted octanol–water partition coefficient (Wildman–Crippen LogP) is 8.67. The van der Waals surface area contributed by atoms with Crippen LogP contribution in [0.25, 0.3) is 0 Å². The molecule has 0 fully saturated rings. The van der Waals surface area contributed by atoms with Crippen molar-refractivity contribution in [1.29, 1.82) is 0 Å². The first-order chi connectivity index (χ1) is 17.7. The number of methoxy groups -OCH3 is 1. The fourth-order valence-corrected chi connectivity index (χ4v) is 4.61. The van der Waals surface area contributed by atoms with Crippen LogP contribution in [0.3, 0.4) is 0 Å². The molecule has 5 heteroatoms. The Morgan fingerprint density at radius 2 is 1.03 bits per heavy atom. The first kappa shape index (κ1) is 35.4. The highest BCUT2D eigenvalue weighted by Gasteiger charge is 2.11. The summed E-state index contributed by atoms with van der Waals surface area (Å²) >= 11 is 0. The number of carbonyl (C=O) groups is 1. The van der Waals surface area contributed by atoms with E-state index in [4.69, 9.17) is 18.9 Å². The van der Waals surface area contributed by atoms with E-state index in [2.05, 4.69) is 13.8 Å². The zero-order valence-electron chi connectivity index (χ0n) is 24.5. The monoisotopic (exact) mass is 514 g/mol. The SMILES string of the molecule is CCCCCCCCCCC(CCCCCCCCCC)CCOC(=O)COCCCOCCOC. The summed E-state index contributed by atoms with van der Waals surface area (Å²) in [6, 6.07) is 0. The van der Waals surface area contributed by atoms with E-state index >= 15 is 0 Å². The van der Waals surface area contributed by atoms with Gasteiger partial charge in [-0.2, -0.15) is 0 Å². The molecule has 5 nitrogen and oxygen atoms in total. The molecule has 0 heterocycles. The minimum Gasteiger partial charge on any atom is -0.464 e. The lowest BCUT2D eigenvalue weighted by atomic mass is 9.91. The molecule has 0 aromatic rings. The van der Waals surface area contributed by atoms with Crippen molar-refractivity contribution in [2.24, 2.45) is 5.92 Å². The van der Waals surface area contributed by atoms with E-state index in [-0.39, 0.29) is 12.6 Å². The summed E-state index contributed by atoms with van der Waals surface area (Å²) in [5.41, 5.74) is 0. The molecule has 0 saturated carbocycles. The van der Waals surface area contributed by atoms with Crippen LogP contribution in [0.5, 0.6) is 0 Å². The van der Waals surface area contributed by atoms with Crippen molar-refractivity contribution in [3.63, 3.8) is 0 Å². The molecule has 0 amide bonds. The van der Waals surface area contributed by atoms with E-state index in [0.29, 0.717) is 39.0 Å². The van der Waals surface area contributed by atoms with Crippen LogP contribution < -0.4 is 0 Å². The van der Waals surface area contributed by atoms with Crippen molar-refractivity contribution in [3.05, 3.63) is 0 Å². The molecule has 0 radical (unpaired) electrons. The number of carbonyl (C=O) groups excluding carboxylic acids is 1. The van der Waals surface area contributed by atoms with Gasteiger partial charge in [-0.15, -0.1) is 0 Å². The second kappa shape index (κ2) is 30.6. The fourth-order valence-electron chi connectivity index (χ4n) is 4.61. The third-order valence-corrected chi connectivity index (χ3v) is 6.95. The van der Waals surface area contributed by atoms with Crippen LogP contribution in [0, 0.1) is 5.92 Å². The van der Waals surface area contributed by atoms with Gasteiger partial charge in [-0.3, -0.25) is 0 Å². The predicted molar refractivity (Wildman–Crippen MR) is 152 cm³/mol. The van der Waals surface area contributed by atoms with E-state index in [0.717, 1.165) is 12.8 Å². The number of ether oxygens (including phenoxy) is 4. The Hall–Kier alpha value is -0.650. The van der Waals surface area contributed by atoms with Crippen LogP contribution in [0.4, 0.5) is 0 Å². The van der Waals surface area contributed by atoms with Crippen LogP contribution in [-0.2, 0) is 23.7 Å². The van der Waals surface area contributed by atoms with Gasteiger partial charge in [0.15, 0.2) is 0 Å². The Kier molecular flexibility index (Phi) is 30.0. The largest absolute Gasteiger partial charge is 0.464 e. The molecule has 0 rings (SSSR count). The molecule has 0 aliphatic rings. The lowest BCUT2D eigenvalue weighted by Crippen LogP contribution is -2.16. The highest BCUT2D eigenvalue weighted by molar-refractivity contribution is 5.70. The molecule has 0 unspecified atom stereocenters. The van der Waals surface area contributed by atoms with Gasteiger partial charge < -0.3 is 18.9 Å². The van der Waals surface area contributed by atoms with E-state index in [1.54, 1.807) is 7.11 Å². The Balaban J connectivity index is 3.97. The van der Waals surface area contributed by atoms with Gasteiger partial charge in [0.1, 0.15) is 6.61 Å². The molecule has 0 aliphatic carbocycles. The molecule has 0 aromatic carbocycles. The lowest BCUT2D eigenvalue weighted by Gasteiger charge is -2.17. The van der Waals surface area contributed by atoms with Crippen molar-refractivity contribution >= 4 is 5.97 Å². The average Bonchev–Trinajstić information content (AvgIpc) is 2.88. The quantitative estimate of drug-likeness (QED) is 0.0709. The average molecular weight is 515 g/mol. The highest BCUT2D eigenvalue weighted by atomic mass is 16.6. The lowest BCUT2D eigenvalue weighted by molar-refractivity contribution is -0.149. The molecule has 216 valence electrons. The zero-order valence-corrected chi connectivity index (χ0v) is 24.5. The summed E-state index contributed by atoms with van der Waals surface area (Å²) in [5, 5.41) is 0. The smallest absolute Gasteiger partial charge is 0.332 e. The van der Waals surface area contributed by atoms with Gasteiger partial charge in [0.05, 0.1) is 19.8 Å². The molecule has 0 spiro atoms. The maximum absolute atomic E-state index is 12.0. The first-order valence-electron chi connectivity index (χ1n) is 15.5. The molecular weight excluding hydrogens is 452 g/mol. The van der Waals surface area contributed by atoms with Gasteiger partial charge in [0, 0.05) is 20.3 Å². The Bertz CT molecular complexity index is 409. The number of rotatable bonds is 30. The minimum atomic E-state index is -0.242. The minimum absolute atomic E-state index is 0.0405. The van der Waals surface area contributed by atoms with E-state index in [1.165, 1.54) is 116 Å². The van der Waals surface area contributed by atoms with Crippen molar-refractivity contribution in [3.8, 4) is 0 Å². The summed E-state index contributed by atoms with van der Waals surface area (Å²) in [6.07, 6.45) is 26.2. The maximum atomic E-state index is 12.0. The van der Waals surface area contributed by atoms with Crippen LogP contribution in [0.15, 0.2) is 0 Å². The number of unbranched alkanes of at least 4 members (excludes halogenated alkanes) is 14. The van der Waals surface area contributed by atoms with Gasteiger partial charge in [-0.25, -0.2) is 4.79 Å². The molecule has 0 bridgehead atoms. The molecule has 0 aromatic heterocycles. The Morgan fingerprint density at radius 1 is 0.528 bits per heavy atom. The van der Waals surface area contributed by atoms with Crippen LogP contribution >= 0.6 is 0 Å². The highest BCUT2D eigenvalue weighted by Crippen LogP contribution is 2.22. The van der Waals surface area contributed by atoms with Gasteiger partial charge in [-0.1, -0.05) is 129 Å². The molecule has 0 saturated heterocycles. The Morgan fingerprint density at radius 3 is 1.56 bits per heavy atom. The standard InChI is InChI=1S/C31H62O5/c1-4-6-8-10-12-14-16-18-21-30(22-19-17-15-13-11-9-7-5-2)23-26-36-31(32)29-35-25-20-24-34-28-27-33-3/h30H,4-29H2,1-3H3. The number of hydrogen-bond donors (Lipinski definition) is 0. The van der Waals surface area contributed by atoms with Crippen molar-refractivity contribution in [2.75, 3.05) is 46.8 Å². The van der Waals surface area contributed by atoms with E-state index in [1.807, 2.05) is 0 Å². The van der Waals surface area contributed by atoms with Crippen molar-refractivity contribution < 1.29 is 23.7 Å². The molecule has 36 heavy (non-hydrogen) atoms. The van der Waals surface area contributed by atoms with Gasteiger partial charge in [0.25, 0.3) is 0 Å². The topological polar surface area (TPSA) is 54.0 Å². The Labute approximate surface area is 224 Å². The normalized spacial score (nSPS) is 11.4. The zero-order chi connectivity index (χ0) is 26.4. The summed E-state index contributed by atoms with van der Waals surface area (Å²) in [4.78, 5) is 12.0. The van der Waals surface area contributed by atoms with Crippen LogP contribution in [0.1, 0.15) is 142 Å². The van der Waals surface area contributed by atoms with Gasteiger partial charge in [-0.05, 0) is 18.8 Å². The fraction of sp³-hybridized carbons (Fsp3) is 0.968. The van der Waals surface area contributed by atoms with Crippen LogP contribution in [0.2, 0.25) is 0 Å². The third-order valence-electron chi connectivity index (χ3n) is 6.95. The van der Waals surface area contributed by atoms with Gasteiger partial charge in [0.2, 0.25) is 0 Å². The second-order valence-corrected chi connectivity index (χ2v) is 10.4. The maximum Gasteiger partial charge on any atom is 0.332 e. The summed E-state index contributed by atoms with van der Waals surface area (Å²) in [7, 11) is 1.66. The number of esters is 1. The summed E-state index contributed by atoms with van der Waals surface area (Å²) in [5.74, 6) is 0.441. The molecule has 0 N–H and O–H groups in total. The van der Waals surface area contributed by atoms with Crippen molar-refractivity contribution in [1.82, 2.24) is 0 Å². The third kappa shape index (κ3) is 27.9. The van der Waals surface area contributed by atoms with Crippen molar-refractivity contribution in [2.45, 2.75) is 142 Å². The van der Waals surface area contributed by atoms with Gasteiger partial charge >= 0.3 is 5.97 Å². The molecule has 0 aliphatic heterocycles. The summed E-state index contributed by atoms with van der Waals surface area (Å²) < 4.78 is 21.2.